The minimum Gasteiger partial charge on any atom is -0.464 e. The first-order chi connectivity index (χ1) is 10.0. The summed E-state index contributed by atoms with van der Waals surface area (Å²) >= 11 is 0. The van der Waals surface area contributed by atoms with Crippen LogP contribution in [0.1, 0.15) is 47.0 Å². The second kappa shape index (κ2) is 5.64. The molecule has 2 fully saturated rings. The van der Waals surface area contributed by atoms with Crippen molar-refractivity contribution in [1.82, 2.24) is 4.90 Å². The zero-order valence-corrected chi connectivity index (χ0v) is 15.7. The molecule has 2 atom stereocenters. The van der Waals surface area contributed by atoms with Crippen LogP contribution in [0.15, 0.2) is 0 Å². The van der Waals surface area contributed by atoms with E-state index >= 15 is 0 Å². The SMILES string of the molecule is CCOC(=O)[C@]12CCC(=O)N1CC(O[Si](C)(C)C(C)(C)C)C2. The molecule has 0 aromatic rings. The summed E-state index contributed by atoms with van der Waals surface area (Å²) in [5.74, 6) is -0.212. The molecule has 2 aliphatic rings. The number of hydrogen-bond acceptors (Lipinski definition) is 4. The third-order valence-corrected chi connectivity index (χ3v) is 9.98. The van der Waals surface area contributed by atoms with E-state index in [0.29, 0.717) is 32.4 Å². The Bertz CT molecular complexity index is 471. The summed E-state index contributed by atoms with van der Waals surface area (Å²) in [6.07, 6.45) is 1.51. The topological polar surface area (TPSA) is 55.8 Å². The van der Waals surface area contributed by atoms with Crippen LogP contribution in [0, 0.1) is 0 Å². The fourth-order valence-corrected chi connectivity index (χ4v) is 4.53. The highest BCUT2D eigenvalue weighted by Crippen LogP contribution is 2.45. The molecule has 0 bridgehead atoms. The van der Waals surface area contributed by atoms with Crippen LogP contribution < -0.4 is 0 Å². The van der Waals surface area contributed by atoms with Gasteiger partial charge >= 0.3 is 5.97 Å². The molecule has 0 radical (unpaired) electrons. The Morgan fingerprint density at radius 2 is 2.05 bits per heavy atom. The Hall–Kier alpha value is -0.883. The number of hydrogen-bond donors (Lipinski definition) is 0. The number of amides is 1. The number of rotatable bonds is 4. The minimum atomic E-state index is -1.92. The lowest BCUT2D eigenvalue weighted by Crippen LogP contribution is -2.48. The Labute approximate surface area is 134 Å². The average Bonchev–Trinajstić information content (AvgIpc) is 2.87. The van der Waals surface area contributed by atoms with Gasteiger partial charge in [0.25, 0.3) is 0 Å². The van der Waals surface area contributed by atoms with Gasteiger partial charge in [-0.15, -0.1) is 0 Å². The summed E-state index contributed by atoms with van der Waals surface area (Å²) in [7, 11) is -1.92. The van der Waals surface area contributed by atoms with Gasteiger partial charge in [-0.05, 0) is 31.5 Å². The predicted octanol–water partition coefficient (Wildman–Crippen LogP) is 2.70. The minimum absolute atomic E-state index is 0.0504. The second-order valence-electron chi connectivity index (χ2n) is 7.96. The molecule has 2 aliphatic heterocycles. The Balaban J connectivity index is 2.17. The summed E-state index contributed by atoms with van der Waals surface area (Å²) in [6.45, 7) is 13.7. The maximum Gasteiger partial charge on any atom is 0.332 e. The normalized spacial score (nSPS) is 28.9. The van der Waals surface area contributed by atoms with E-state index in [2.05, 4.69) is 33.9 Å². The van der Waals surface area contributed by atoms with Gasteiger partial charge in [-0.2, -0.15) is 0 Å². The van der Waals surface area contributed by atoms with Crippen molar-refractivity contribution in [2.45, 2.75) is 76.7 Å². The summed E-state index contributed by atoms with van der Waals surface area (Å²) in [5.41, 5.74) is -0.778. The van der Waals surface area contributed by atoms with Crippen LogP contribution in [0.2, 0.25) is 18.1 Å². The van der Waals surface area contributed by atoms with Crippen molar-refractivity contribution in [3.8, 4) is 0 Å². The molecule has 2 saturated heterocycles. The molecule has 0 spiro atoms. The maximum atomic E-state index is 12.4. The molecule has 0 N–H and O–H groups in total. The fourth-order valence-electron chi connectivity index (χ4n) is 3.19. The van der Waals surface area contributed by atoms with Gasteiger partial charge in [0, 0.05) is 19.4 Å². The van der Waals surface area contributed by atoms with E-state index in [1.807, 2.05) is 0 Å². The molecule has 0 aromatic carbocycles. The number of ether oxygens (including phenoxy) is 1. The van der Waals surface area contributed by atoms with Gasteiger partial charge in [0.2, 0.25) is 5.91 Å². The van der Waals surface area contributed by atoms with Gasteiger partial charge in [0.1, 0.15) is 5.54 Å². The van der Waals surface area contributed by atoms with Crippen LogP contribution in [0.3, 0.4) is 0 Å². The molecule has 0 aliphatic carbocycles. The lowest BCUT2D eigenvalue weighted by molar-refractivity contribution is -0.157. The Morgan fingerprint density at radius 1 is 1.41 bits per heavy atom. The molecule has 1 amide bonds. The molecular formula is C16H29NO4Si. The lowest BCUT2D eigenvalue weighted by Gasteiger charge is -2.38. The number of carbonyl (C=O) groups is 2. The molecular weight excluding hydrogens is 298 g/mol. The van der Waals surface area contributed by atoms with Crippen LogP contribution in [-0.4, -0.2) is 49.9 Å². The molecule has 2 rings (SSSR count). The van der Waals surface area contributed by atoms with E-state index in [0.717, 1.165) is 0 Å². The largest absolute Gasteiger partial charge is 0.464 e. The molecule has 0 aromatic heterocycles. The van der Waals surface area contributed by atoms with Gasteiger partial charge < -0.3 is 14.1 Å². The first-order valence-corrected chi connectivity index (χ1v) is 11.1. The summed E-state index contributed by atoms with van der Waals surface area (Å²) in [6, 6.07) is 0. The number of nitrogens with zero attached hydrogens (tertiary/aromatic N) is 1. The monoisotopic (exact) mass is 327 g/mol. The molecule has 1 unspecified atom stereocenters. The first-order valence-electron chi connectivity index (χ1n) is 8.19. The molecule has 2 heterocycles. The maximum absolute atomic E-state index is 12.4. The molecule has 0 saturated carbocycles. The first kappa shape index (κ1) is 17.5. The van der Waals surface area contributed by atoms with Gasteiger partial charge in [-0.3, -0.25) is 4.79 Å². The smallest absolute Gasteiger partial charge is 0.332 e. The second-order valence-corrected chi connectivity index (χ2v) is 12.7. The van der Waals surface area contributed by atoms with E-state index in [1.54, 1.807) is 11.8 Å². The van der Waals surface area contributed by atoms with Crippen LogP contribution in [-0.2, 0) is 18.8 Å². The van der Waals surface area contributed by atoms with Crippen LogP contribution in [0.4, 0.5) is 0 Å². The highest BCUT2D eigenvalue weighted by Gasteiger charge is 2.59. The number of carbonyl (C=O) groups excluding carboxylic acids is 2. The standard InChI is InChI=1S/C16H29NO4Si/c1-7-20-14(19)16-9-8-13(18)17(16)11-12(10-16)21-22(5,6)15(2,3)4/h12H,7-11H2,1-6H3/t12?,16-/m1/s1. The summed E-state index contributed by atoms with van der Waals surface area (Å²) in [4.78, 5) is 26.3. The number of esters is 1. The van der Waals surface area contributed by atoms with E-state index in [9.17, 15) is 9.59 Å². The third kappa shape index (κ3) is 2.83. The summed E-state index contributed by atoms with van der Waals surface area (Å²) in [5, 5.41) is 0.112. The van der Waals surface area contributed by atoms with Gasteiger partial charge in [0.15, 0.2) is 8.32 Å². The van der Waals surface area contributed by atoms with Crippen LogP contribution >= 0.6 is 0 Å². The van der Waals surface area contributed by atoms with Gasteiger partial charge in [-0.1, -0.05) is 20.8 Å². The molecule has 126 valence electrons. The quantitative estimate of drug-likeness (QED) is 0.588. The van der Waals surface area contributed by atoms with Crippen LogP contribution in [0.5, 0.6) is 0 Å². The predicted molar refractivity (Wildman–Crippen MR) is 87.0 cm³/mol. The Kier molecular flexibility index (Phi) is 4.48. The van der Waals surface area contributed by atoms with E-state index < -0.39 is 13.9 Å². The van der Waals surface area contributed by atoms with Crippen molar-refractivity contribution in [2.24, 2.45) is 0 Å². The van der Waals surface area contributed by atoms with E-state index in [1.165, 1.54) is 0 Å². The highest BCUT2D eigenvalue weighted by atomic mass is 28.4. The zero-order chi connectivity index (χ0) is 16.8. The molecule has 6 heteroatoms. The third-order valence-electron chi connectivity index (χ3n) is 5.44. The molecule has 5 nitrogen and oxygen atoms in total. The van der Waals surface area contributed by atoms with E-state index in [4.69, 9.17) is 9.16 Å². The van der Waals surface area contributed by atoms with Crippen molar-refractivity contribution in [1.29, 1.82) is 0 Å². The van der Waals surface area contributed by atoms with Crippen molar-refractivity contribution in [3.05, 3.63) is 0 Å². The van der Waals surface area contributed by atoms with Gasteiger partial charge in [0.05, 0.1) is 12.7 Å². The van der Waals surface area contributed by atoms with Crippen molar-refractivity contribution in [3.63, 3.8) is 0 Å². The van der Waals surface area contributed by atoms with Crippen molar-refractivity contribution < 1.29 is 18.8 Å². The van der Waals surface area contributed by atoms with Crippen LogP contribution in [0.25, 0.3) is 0 Å². The van der Waals surface area contributed by atoms with E-state index in [-0.39, 0.29) is 23.0 Å². The fraction of sp³-hybridized carbons (Fsp3) is 0.875. The van der Waals surface area contributed by atoms with Crippen molar-refractivity contribution in [2.75, 3.05) is 13.2 Å². The van der Waals surface area contributed by atoms with Gasteiger partial charge in [-0.25, -0.2) is 4.79 Å². The number of fused-ring (bicyclic) bond motifs is 1. The summed E-state index contributed by atoms with van der Waals surface area (Å²) < 4.78 is 11.7. The average molecular weight is 327 g/mol. The van der Waals surface area contributed by atoms with Crippen molar-refractivity contribution >= 4 is 20.2 Å². The highest BCUT2D eigenvalue weighted by molar-refractivity contribution is 6.74. The molecule has 22 heavy (non-hydrogen) atoms. The zero-order valence-electron chi connectivity index (χ0n) is 14.7. The Morgan fingerprint density at radius 3 is 2.59 bits per heavy atom. The lowest BCUT2D eigenvalue weighted by atomic mass is 9.93.